The van der Waals surface area contributed by atoms with Crippen molar-refractivity contribution in [2.75, 3.05) is 10.8 Å². The number of sulfonamides is 1. The van der Waals surface area contributed by atoms with E-state index in [-0.39, 0.29) is 40.3 Å². The van der Waals surface area contributed by atoms with Crippen LogP contribution in [-0.2, 0) is 32.6 Å². The van der Waals surface area contributed by atoms with Gasteiger partial charge >= 0.3 is 0 Å². The summed E-state index contributed by atoms with van der Waals surface area (Å²) in [6.45, 7) is 2.97. The molecular formula is C34H34Cl2N4O6S. The second-order valence-electron chi connectivity index (χ2n) is 10.9. The molecule has 0 aromatic heterocycles. The summed E-state index contributed by atoms with van der Waals surface area (Å²) in [5.74, 6) is -1.10. The largest absolute Gasteiger partial charge is 0.352 e. The molecule has 0 aliphatic carbocycles. The number of carbonyl (C=O) groups is 2. The molecule has 4 aromatic rings. The molecule has 0 bridgehead atoms. The Labute approximate surface area is 284 Å². The number of amides is 2. The molecule has 0 fully saturated rings. The molecule has 246 valence electrons. The van der Waals surface area contributed by atoms with E-state index in [1.54, 1.807) is 36.4 Å². The number of halogens is 2. The molecule has 2 atom stereocenters. The molecule has 4 aromatic carbocycles. The van der Waals surface area contributed by atoms with Gasteiger partial charge in [-0.3, -0.25) is 24.0 Å². The van der Waals surface area contributed by atoms with Gasteiger partial charge in [0.1, 0.15) is 12.6 Å². The average molecular weight is 698 g/mol. The van der Waals surface area contributed by atoms with E-state index < -0.39 is 39.3 Å². The first kappa shape index (κ1) is 35.4. The monoisotopic (exact) mass is 696 g/mol. The molecule has 0 unspecified atom stereocenters. The number of nitro groups is 1. The number of carbonyl (C=O) groups excluding carboxylic acids is 2. The lowest BCUT2D eigenvalue weighted by atomic mass is 10.0. The molecular weight excluding hydrogens is 663 g/mol. The van der Waals surface area contributed by atoms with Gasteiger partial charge in [0.25, 0.3) is 15.7 Å². The SMILES string of the molecule is CC[C@@H](C)NC(=O)[C@@H](Cc1ccccc1)N(Cc1ccc(Cl)c(Cl)c1)C(=O)CN(c1ccc([N+](=O)[O-])cc1)S(=O)(=O)c1ccccc1. The third-order valence-electron chi connectivity index (χ3n) is 7.57. The Morgan fingerprint density at radius 1 is 0.872 bits per heavy atom. The van der Waals surface area contributed by atoms with E-state index in [2.05, 4.69) is 5.32 Å². The van der Waals surface area contributed by atoms with Crippen LogP contribution in [0.3, 0.4) is 0 Å². The summed E-state index contributed by atoms with van der Waals surface area (Å²) in [7, 11) is -4.35. The number of non-ortho nitro benzene ring substituents is 1. The third kappa shape index (κ3) is 9.09. The summed E-state index contributed by atoms with van der Waals surface area (Å²) in [4.78, 5) is 40.4. The lowest BCUT2D eigenvalue weighted by Gasteiger charge is -2.34. The first-order valence-corrected chi connectivity index (χ1v) is 17.0. The summed E-state index contributed by atoms with van der Waals surface area (Å²) in [6.07, 6.45) is 0.785. The Morgan fingerprint density at radius 3 is 2.06 bits per heavy atom. The van der Waals surface area contributed by atoms with Crippen LogP contribution in [0.15, 0.2) is 108 Å². The number of anilines is 1. The molecule has 13 heteroatoms. The maximum Gasteiger partial charge on any atom is 0.269 e. The molecule has 0 radical (unpaired) electrons. The predicted molar refractivity (Wildman–Crippen MR) is 183 cm³/mol. The van der Waals surface area contributed by atoms with Gasteiger partial charge < -0.3 is 10.2 Å². The van der Waals surface area contributed by atoms with E-state index in [4.69, 9.17) is 23.2 Å². The molecule has 1 N–H and O–H groups in total. The average Bonchev–Trinajstić information content (AvgIpc) is 3.07. The summed E-state index contributed by atoms with van der Waals surface area (Å²) in [5, 5.41) is 14.9. The van der Waals surface area contributed by atoms with Gasteiger partial charge in [-0.05, 0) is 60.9 Å². The minimum Gasteiger partial charge on any atom is -0.352 e. The van der Waals surface area contributed by atoms with Crippen molar-refractivity contribution in [1.29, 1.82) is 0 Å². The van der Waals surface area contributed by atoms with E-state index in [9.17, 15) is 28.1 Å². The maximum absolute atomic E-state index is 14.5. The van der Waals surface area contributed by atoms with Crippen molar-refractivity contribution in [2.24, 2.45) is 0 Å². The van der Waals surface area contributed by atoms with E-state index >= 15 is 0 Å². The van der Waals surface area contributed by atoms with E-state index in [1.807, 2.05) is 44.2 Å². The van der Waals surface area contributed by atoms with E-state index in [0.29, 0.717) is 17.0 Å². The van der Waals surface area contributed by atoms with Crippen LogP contribution >= 0.6 is 23.2 Å². The number of benzene rings is 4. The number of nitrogens with zero attached hydrogens (tertiary/aromatic N) is 3. The minimum atomic E-state index is -4.35. The molecule has 0 saturated heterocycles. The number of hydrogen-bond donors (Lipinski definition) is 1. The molecule has 0 aliphatic rings. The highest BCUT2D eigenvalue weighted by Crippen LogP contribution is 2.28. The smallest absolute Gasteiger partial charge is 0.269 e. The number of hydrogen-bond acceptors (Lipinski definition) is 6. The van der Waals surface area contributed by atoms with Crippen LogP contribution in [0.25, 0.3) is 0 Å². The van der Waals surface area contributed by atoms with E-state index in [0.717, 1.165) is 9.87 Å². The fraction of sp³-hybridized carbons (Fsp3) is 0.235. The van der Waals surface area contributed by atoms with Gasteiger partial charge in [0, 0.05) is 31.1 Å². The van der Waals surface area contributed by atoms with Crippen LogP contribution in [0.4, 0.5) is 11.4 Å². The summed E-state index contributed by atoms with van der Waals surface area (Å²) in [6, 6.07) is 25.2. The Morgan fingerprint density at radius 2 is 1.49 bits per heavy atom. The first-order valence-electron chi connectivity index (χ1n) is 14.8. The van der Waals surface area contributed by atoms with Gasteiger partial charge in [0.15, 0.2) is 0 Å². The Hall–Kier alpha value is -4.45. The first-order chi connectivity index (χ1) is 22.4. The standard InChI is InChI=1S/C34H34Cl2N4O6S/c1-3-24(2)37-34(42)32(21-25-10-6-4-7-11-25)38(22-26-14-19-30(35)31(36)20-26)33(41)23-39(27-15-17-28(18-16-27)40(43)44)47(45,46)29-12-8-5-9-13-29/h4-20,24,32H,3,21-23H2,1-2H3,(H,37,42)/t24-,32-/m1/s1. The normalized spacial score (nSPS) is 12.5. The highest BCUT2D eigenvalue weighted by Gasteiger charge is 2.35. The Balaban J connectivity index is 1.83. The molecule has 4 rings (SSSR count). The second kappa shape index (κ2) is 15.9. The van der Waals surface area contributed by atoms with Gasteiger partial charge in [-0.1, -0.05) is 84.7 Å². The minimum absolute atomic E-state index is 0.0333. The van der Waals surface area contributed by atoms with Crippen LogP contribution in [0.1, 0.15) is 31.4 Å². The highest BCUT2D eigenvalue weighted by molar-refractivity contribution is 7.92. The molecule has 47 heavy (non-hydrogen) atoms. The fourth-order valence-corrected chi connectivity index (χ4v) is 6.57. The zero-order chi connectivity index (χ0) is 34.1. The van der Waals surface area contributed by atoms with Crippen molar-refractivity contribution < 1.29 is 22.9 Å². The zero-order valence-corrected chi connectivity index (χ0v) is 28.1. The Bertz CT molecular complexity index is 1810. The van der Waals surface area contributed by atoms with Crippen LogP contribution < -0.4 is 9.62 Å². The summed E-state index contributed by atoms with van der Waals surface area (Å²) in [5.41, 5.74) is 1.14. The van der Waals surface area contributed by atoms with Crippen molar-refractivity contribution in [1.82, 2.24) is 10.2 Å². The van der Waals surface area contributed by atoms with Crippen molar-refractivity contribution >= 4 is 56.4 Å². The maximum atomic E-state index is 14.5. The van der Waals surface area contributed by atoms with E-state index in [1.165, 1.54) is 41.3 Å². The van der Waals surface area contributed by atoms with Gasteiger partial charge in [-0.15, -0.1) is 0 Å². The zero-order valence-electron chi connectivity index (χ0n) is 25.8. The van der Waals surface area contributed by atoms with Crippen LogP contribution in [0, 0.1) is 10.1 Å². The van der Waals surface area contributed by atoms with Gasteiger partial charge in [-0.2, -0.15) is 0 Å². The van der Waals surface area contributed by atoms with Crippen LogP contribution in [-0.4, -0.2) is 48.7 Å². The lowest BCUT2D eigenvalue weighted by Crippen LogP contribution is -2.54. The Kier molecular flexibility index (Phi) is 12.0. The molecule has 0 spiro atoms. The number of nitrogens with one attached hydrogen (secondary N) is 1. The molecule has 0 aliphatic heterocycles. The quantitative estimate of drug-likeness (QED) is 0.116. The molecule has 10 nitrogen and oxygen atoms in total. The van der Waals surface area contributed by atoms with Crippen LogP contribution in [0.2, 0.25) is 10.0 Å². The van der Waals surface area contributed by atoms with Gasteiger partial charge in [0.2, 0.25) is 11.8 Å². The van der Waals surface area contributed by atoms with Crippen molar-refractivity contribution in [3.8, 4) is 0 Å². The molecule has 2 amide bonds. The number of nitro benzene ring substituents is 1. The molecule has 0 heterocycles. The molecule has 0 saturated carbocycles. The second-order valence-corrected chi connectivity index (χ2v) is 13.6. The summed E-state index contributed by atoms with van der Waals surface area (Å²) < 4.78 is 29.0. The van der Waals surface area contributed by atoms with Crippen molar-refractivity contribution in [2.45, 2.75) is 50.2 Å². The third-order valence-corrected chi connectivity index (χ3v) is 10.1. The van der Waals surface area contributed by atoms with Crippen molar-refractivity contribution in [3.05, 3.63) is 134 Å². The van der Waals surface area contributed by atoms with Crippen molar-refractivity contribution in [3.63, 3.8) is 0 Å². The topological polar surface area (TPSA) is 130 Å². The lowest BCUT2D eigenvalue weighted by molar-refractivity contribution is -0.384. The van der Waals surface area contributed by atoms with Gasteiger partial charge in [-0.25, -0.2) is 8.42 Å². The number of rotatable bonds is 14. The summed E-state index contributed by atoms with van der Waals surface area (Å²) >= 11 is 12.5. The predicted octanol–water partition coefficient (Wildman–Crippen LogP) is 6.65. The fourth-order valence-electron chi connectivity index (χ4n) is 4.82. The van der Waals surface area contributed by atoms with Gasteiger partial charge in [0.05, 0.1) is 25.6 Å². The highest BCUT2D eigenvalue weighted by atomic mass is 35.5. The van der Waals surface area contributed by atoms with Crippen LogP contribution in [0.5, 0.6) is 0 Å².